The summed E-state index contributed by atoms with van der Waals surface area (Å²) in [5, 5.41) is 2.85. The van der Waals surface area contributed by atoms with E-state index in [1.54, 1.807) is 31.3 Å². The zero-order valence-electron chi connectivity index (χ0n) is 15.4. The fourth-order valence-corrected chi connectivity index (χ4v) is 2.86. The molecule has 28 heavy (non-hydrogen) atoms. The molecule has 0 aliphatic carbocycles. The van der Waals surface area contributed by atoms with Gasteiger partial charge in [-0.3, -0.25) is 9.59 Å². The van der Waals surface area contributed by atoms with Crippen molar-refractivity contribution in [3.05, 3.63) is 70.7 Å². The lowest BCUT2D eigenvalue weighted by Crippen LogP contribution is -2.35. The summed E-state index contributed by atoms with van der Waals surface area (Å²) in [4.78, 5) is 37.1. The third-order valence-corrected chi connectivity index (χ3v) is 4.36. The number of hydrogen-bond acceptors (Lipinski definition) is 4. The van der Waals surface area contributed by atoms with Crippen LogP contribution in [-0.2, 0) is 20.9 Å². The average Bonchev–Trinajstić information content (AvgIpc) is 2.66. The van der Waals surface area contributed by atoms with E-state index in [9.17, 15) is 14.4 Å². The number of halogens is 1. The first kappa shape index (κ1) is 21.2. The quantitative estimate of drug-likeness (QED) is 0.661. The summed E-state index contributed by atoms with van der Waals surface area (Å²) in [6, 6.07) is 14.7. The topological polar surface area (TPSA) is 102 Å². The number of carbonyl (C=O) groups is 3. The number of rotatable bonds is 8. The first-order valence-corrected chi connectivity index (χ1v) is 8.98. The second-order valence-corrected chi connectivity index (χ2v) is 6.59. The molecule has 1 unspecified atom stereocenters. The van der Waals surface area contributed by atoms with Crippen molar-refractivity contribution < 1.29 is 19.1 Å². The largest absolute Gasteiger partial charge is 0.455 e. The van der Waals surface area contributed by atoms with Crippen LogP contribution in [0.5, 0.6) is 0 Å². The van der Waals surface area contributed by atoms with E-state index in [-0.39, 0.29) is 12.3 Å². The molecule has 0 spiro atoms. The van der Waals surface area contributed by atoms with Gasteiger partial charge in [-0.2, -0.15) is 0 Å². The summed E-state index contributed by atoms with van der Waals surface area (Å²) in [6.07, 6.45) is -0.206. The van der Waals surface area contributed by atoms with Gasteiger partial charge in [-0.15, -0.1) is 0 Å². The van der Waals surface area contributed by atoms with Gasteiger partial charge in [0.15, 0.2) is 6.61 Å². The van der Waals surface area contributed by atoms with Crippen LogP contribution in [0, 0.1) is 0 Å². The van der Waals surface area contributed by atoms with Crippen LogP contribution < -0.4 is 11.1 Å². The van der Waals surface area contributed by atoms with Gasteiger partial charge in [0.2, 0.25) is 0 Å². The van der Waals surface area contributed by atoms with Gasteiger partial charge in [0.1, 0.15) is 0 Å². The Hall–Kier alpha value is -3.06. The number of benzene rings is 2. The normalized spacial score (nSPS) is 11.4. The molecule has 2 rings (SSSR count). The van der Waals surface area contributed by atoms with Crippen molar-refractivity contribution in [1.29, 1.82) is 0 Å². The summed E-state index contributed by atoms with van der Waals surface area (Å²) < 4.78 is 5.07. The highest BCUT2D eigenvalue weighted by molar-refractivity contribution is 6.31. The SMILES string of the molecule is CN(Cc1ccccc1)C(=O)COC(=O)CC(NC(N)=O)c1ccccc1Cl. The predicted octanol–water partition coefficient (Wildman–Crippen LogP) is 2.64. The van der Waals surface area contributed by atoms with Crippen LogP contribution in [0.15, 0.2) is 54.6 Å². The number of nitrogens with two attached hydrogens (primary N) is 1. The molecule has 7 nitrogen and oxygen atoms in total. The standard InChI is InChI=1S/C20H22ClN3O4/c1-24(12-14-7-3-2-4-8-14)18(25)13-28-19(26)11-17(23-20(22)27)15-9-5-6-10-16(15)21/h2-10,17H,11-13H2,1H3,(H3,22,23,27). The van der Waals surface area contributed by atoms with E-state index >= 15 is 0 Å². The minimum Gasteiger partial charge on any atom is -0.455 e. The molecular weight excluding hydrogens is 382 g/mol. The Labute approximate surface area is 168 Å². The molecule has 2 aromatic rings. The first-order valence-electron chi connectivity index (χ1n) is 8.60. The van der Waals surface area contributed by atoms with Crippen molar-refractivity contribution in [2.75, 3.05) is 13.7 Å². The number of amides is 3. The smallest absolute Gasteiger partial charge is 0.312 e. The van der Waals surface area contributed by atoms with Crippen LogP contribution in [0.3, 0.4) is 0 Å². The third-order valence-electron chi connectivity index (χ3n) is 4.01. The van der Waals surface area contributed by atoms with Gasteiger partial charge in [-0.05, 0) is 17.2 Å². The summed E-state index contributed by atoms with van der Waals surface area (Å²) in [6.45, 7) is 0.0106. The van der Waals surface area contributed by atoms with Crippen molar-refractivity contribution in [3.8, 4) is 0 Å². The summed E-state index contributed by atoms with van der Waals surface area (Å²) in [7, 11) is 1.63. The van der Waals surface area contributed by atoms with E-state index in [4.69, 9.17) is 22.1 Å². The predicted molar refractivity (Wildman–Crippen MR) is 105 cm³/mol. The van der Waals surface area contributed by atoms with Gasteiger partial charge >= 0.3 is 12.0 Å². The minimum atomic E-state index is -0.795. The number of carbonyl (C=O) groups excluding carboxylic acids is 3. The molecule has 0 saturated heterocycles. The third kappa shape index (κ3) is 6.59. The summed E-state index contributed by atoms with van der Waals surface area (Å²) in [5.41, 5.74) is 6.69. The maximum Gasteiger partial charge on any atom is 0.312 e. The maximum atomic E-state index is 12.2. The molecule has 0 bridgehead atoms. The fraction of sp³-hybridized carbons (Fsp3) is 0.250. The van der Waals surface area contributed by atoms with E-state index in [2.05, 4.69) is 5.32 Å². The summed E-state index contributed by atoms with van der Waals surface area (Å²) >= 11 is 6.13. The Bertz CT molecular complexity index is 829. The second kappa shape index (κ2) is 10.3. The van der Waals surface area contributed by atoms with Crippen LogP contribution >= 0.6 is 11.6 Å². The van der Waals surface area contributed by atoms with Crippen LogP contribution in [0.1, 0.15) is 23.6 Å². The molecule has 0 aromatic heterocycles. The number of nitrogens with zero attached hydrogens (tertiary/aromatic N) is 1. The van der Waals surface area contributed by atoms with E-state index < -0.39 is 24.6 Å². The molecule has 0 aliphatic rings. The highest BCUT2D eigenvalue weighted by Gasteiger charge is 2.21. The molecule has 3 amide bonds. The van der Waals surface area contributed by atoms with Gasteiger partial charge in [0, 0.05) is 18.6 Å². The monoisotopic (exact) mass is 403 g/mol. The van der Waals surface area contributed by atoms with Crippen molar-refractivity contribution >= 4 is 29.5 Å². The lowest BCUT2D eigenvalue weighted by Gasteiger charge is -2.20. The van der Waals surface area contributed by atoms with E-state index in [1.165, 1.54) is 4.90 Å². The molecule has 2 aromatic carbocycles. The molecule has 0 saturated carbocycles. The Kier molecular flexibility index (Phi) is 7.83. The molecule has 0 fully saturated rings. The highest BCUT2D eigenvalue weighted by atomic mass is 35.5. The van der Waals surface area contributed by atoms with Gasteiger partial charge in [0.05, 0.1) is 12.5 Å². The van der Waals surface area contributed by atoms with Crippen LogP contribution in [-0.4, -0.2) is 36.5 Å². The van der Waals surface area contributed by atoms with Crippen molar-refractivity contribution in [3.63, 3.8) is 0 Å². The van der Waals surface area contributed by atoms with Gasteiger partial charge in [-0.1, -0.05) is 60.1 Å². The van der Waals surface area contributed by atoms with Gasteiger partial charge < -0.3 is 20.7 Å². The van der Waals surface area contributed by atoms with Crippen molar-refractivity contribution in [2.45, 2.75) is 19.0 Å². The Balaban J connectivity index is 1.90. The van der Waals surface area contributed by atoms with Crippen LogP contribution in [0.25, 0.3) is 0 Å². The number of nitrogens with one attached hydrogen (secondary N) is 1. The molecular formula is C20H22ClN3O4. The lowest BCUT2D eigenvalue weighted by molar-refractivity contribution is -0.152. The van der Waals surface area contributed by atoms with E-state index in [1.807, 2.05) is 30.3 Å². The number of esters is 1. The number of hydrogen-bond donors (Lipinski definition) is 2. The van der Waals surface area contributed by atoms with Gasteiger partial charge in [-0.25, -0.2) is 4.79 Å². The zero-order valence-corrected chi connectivity index (χ0v) is 16.2. The Morgan fingerprint density at radius 3 is 2.39 bits per heavy atom. The molecule has 3 N–H and O–H groups in total. The van der Waals surface area contributed by atoms with Gasteiger partial charge in [0.25, 0.3) is 5.91 Å². The van der Waals surface area contributed by atoms with E-state index in [0.717, 1.165) is 5.56 Å². The number of primary amides is 1. The molecule has 8 heteroatoms. The molecule has 148 valence electrons. The fourth-order valence-electron chi connectivity index (χ4n) is 2.59. The lowest BCUT2D eigenvalue weighted by atomic mass is 10.0. The molecule has 0 radical (unpaired) electrons. The van der Waals surface area contributed by atoms with Crippen LogP contribution in [0.4, 0.5) is 4.79 Å². The number of likely N-dealkylation sites (N-methyl/N-ethyl adjacent to an activating group) is 1. The Morgan fingerprint density at radius 1 is 1.11 bits per heavy atom. The number of urea groups is 1. The number of ether oxygens (including phenoxy) is 1. The van der Waals surface area contributed by atoms with Crippen molar-refractivity contribution in [2.24, 2.45) is 5.73 Å². The first-order chi connectivity index (χ1) is 13.4. The minimum absolute atomic E-state index is 0.206. The van der Waals surface area contributed by atoms with Crippen molar-refractivity contribution in [1.82, 2.24) is 10.2 Å². The van der Waals surface area contributed by atoms with E-state index in [0.29, 0.717) is 17.1 Å². The molecule has 1 atom stereocenters. The maximum absolute atomic E-state index is 12.2. The zero-order chi connectivity index (χ0) is 20.5. The second-order valence-electron chi connectivity index (χ2n) is 6.18. The average molecular weight is 404 g/mol. The summed E-state index contributed by atoms with van der Waals surface area (Å²) in [5.74, 6) is -0.991. The highest BCUT2D eigenvalue weighted by Crippen LogP contribution is 2.25. The Morgan fingerprint density at radius 2 is 1.75 bits per heavy atom. The molecule has 0 aliphatic heterocycles. The van der Waals surface area contributed by atoms with Crippen LogP contribution in [0.2, 0.25) is 5.02 Å². The molecule has 0 heterocycles.